The molecule has 0 saturated heterocycles. The van der Waals surface area contributed by atoms with E-state index in [-0.39, 0.29) is 17.6 Å². The number of aromatic nitrogens is 4. The van der Waals surface area contributed by atoms with Crippen LogP contribution in [0.1, 0.15) is 33.7 Å². The van der Waals surface area contributed by atoms with Crippen molar-refractivity contribution in [2.24, 2.45) is 7.05 Å². The van der Waals surface area contributed by atoms with Crippen LogP contribution in [0.2, 0.25) is 0 Å². The fraction of sp³-hybridized carbons (Fsp3) is 0.240. The Kier molecular flexibility index (Phi) is 5.68. The summed E-state index contributed by atoms with van der Waals surface area (Å²) in [4.78, 5) is 13.1. The van der Waals surface area contributed by atoms with Crippen molar-refractivity contribution in [1.82, 2.24) is 19.3 Å². The molecule has 8 heteroatoms. The normalized spacial score (nSPS) is 14.9. The van der Waals surface area contributed by atoms with Gasteiger partial charge in [-0.3, -0.25) is 4.79 Å². The summed E-state index contributed by atoms with van der Waals surface area (Å²) in [6.45, 7) is 4.36. The monoisotopic (exact) mass is 460 g/mol. The summed E-state index contributed by atoms with van der Waals surface area (Å²) >= 11 is 1.37. The molecule has 0 saturated carbocycles. The third kappa shape index (κ3) is 4.02. The molecule has 1 aliphatic heterocycles. The fourth-order valence-corrected chi connectivity index (χ4v) is 4.91. The van der Waals surface area contributed by atoms with Crippen molar-refractivity contribution in [2.45, 2.75) is 25.1 Å². The number of carbonyl (C=O) groups excluding carboxylic acids is 1. The number of aryl methyl sites for hydroxylation is 1. The largest absolute Gasteiger partial charge is 0.485 e. The quantitative estimate of drug-likeness (QED) is 0.307. The molecule has 3 heterocycles. The number of benzene rings is 2. The second kappa shape index (κ2) is 8.78. The summed E-state index contributed by atoms with van der Waals surface area (Å²) in [5, 5.41) is 9.26. The van der Waals surface area contributed by atoms with E-state index < -0.39 is 0 Å². The third-order valence-electron chi connectivity index (χ3n) is 5.74. The number of fused-ring (bicyclic) bond motifs is 1. The van der Waals surface area contributed by atoms with E-state index in [2.05, 4.69) is 14.8 Å². The molecular formula is C25H24N4O3S. The molecule has 33 heavy (non-hydrogen) atoms. The van der Waals surface area contributed by atoms with E-state index in [1.165, 1.54) is 11.8 Å². The van der Waals surface area contributed by atoms with Crippen molar-refractivity contribution < 1.29 is 14.3 Å². The standard InChI is InChI=1S/C25H24N4O3S/c1-16-13-19(17(2)29(16)18-9-5-4-6-10-18)20(30)15-33-25-27-26-24(28(25)3)23-14-31-21-11-7-8-12-22(21)32-23/h4-13,23H,14-15H2,1-3H3. The van der Waals surface area contributed by atoms with Crippen LogP contribution in [-0.4, -0.2) is 37.5 Å². The second-order valence-electron chi connectivity index (χ2n) is 7.93. The number of para-hydroxylation sites is 3. The van der Waals surface area contributed by atoms with Gasteiger partial charge in [0, 0.05) is 29.7 Å². The number of hydrogen-bond donors (Lipinski definition) is 0. The van der Waals surface area contributed by atoms with E-state index in [0.29, 0.717) is 23.3 Å². The van der Waals surface area contributed by atoms with Crippen molar-refractivity contribution in [1.29, 1.82) is 0 Å². The van der Waals surface area contributed by atoms with Gasteiger partial charge in [-0.15, -0.1) is 10.2 Å². The SMILES string of the molecule is Cc1cc(C(=O)CSc2nnc(C3COc4ccccc4O3)n2C)c(C)n1-c1ccccc1. The van der Waals surface area contributed by atoms with Crippen molar-refractivity contribution in [2.75, 3.05) is 12.4 Å². The Bertz CT molecular complexity index is 1310. The van der Waals surface area contributed by atoms with E-state index in [1.807, 2.05) is 86.1 Å². The highest BCUT2D eigenvalue weighted by Crippen LogP contribution is 2.36. The van der Waals surface area contributed by atoms with Gasteiger partial charge >= 0.3 is 0 Å². The van der Waals surface area contributed by atoms with Crippen molar-refractivity contribution in [3.63, 3.8) is 0 Å². The number of ketones is 1. The molecule has 0 bridgehead atoms. The van der Waals surface area contributed by atoms with Gasteiger partial charge in [-0.25, -0.2) is 0 Å². The molecule has 2 aromatic heterocycles. The van der Waals surface area contributed by atoms with Gasteiger partial charge in [-0.05, 0) is 44.2 Å². The fourth-order valence-electron chi connectivity index (χ4n) is 4.11. The third-order valence-corrected chi connectivity index (χ3v) is 6.76. The Morgan fingerprint density at radius 1 is 1.06 bits per heavy atom. The lowest BCUT2D eigenvalue weighted by Crippen LogP contribution is -2.24. The molecule has 168 valence electrons. The summed E-state index contributed by atoms with van der Waals surface area (Å²) in [7, 11) is 1.88. The smallest absolute Gasteiger partial charge is 0.192 e. The Balaban J connectivity index is 1.29. The van der Waals surface area contributed by atoms with E-state index in [9.17, 15) is 4.79 Å². The van der Waals surface area contributed by atoms with Crippen molar-refractivity contribution >= 4 is 17.5 Å². The van der Waals surface area contributed by atoms with Gasteiger partial charge in [0.15, 0.2) is 34.4 Å². The van der Waals surface area contributed by atoms with Crippen LogP contribution in [0.15, 0.2) is 65.8 Å². The van der Waals surface area contributed by atoms with Gasteiger partial charge in [0.25, 0.3) is 0 Å². The molecule has 5 rings (SSSR count). The van der Waals surface area contributed by atoms with Crippen LogP contribution in [-0.2, 0) is 7.05 Å². The first-order chi connectivity index (χ1) is 16.0. The Morgan fingerprint density at radius 3 is 2.58 bits per heavy atom. The first-order valence-electron chi connectivity index (χ1n) is 10.7. The highest BCUT2D eigenvalue weighted by atomic mass is 32.2. The molecule has 0 spiro atoms. The minimum atomic E-state index is -0.354. The molecule has 4 aromatic rings. The Hall–Kier alpha value is -3.52. The molecule has 0 amide bonds. The van der Waals surface area contributed by atoms with Crippen LogP contribution in [0.3, 0.4) is 0 Å². The highest BCUT2D eigenvalue weighted by molar-refractivity contribution is 7.99. The Labute approximate surface area is 196 Å². The summed E-state index contributed by atoms with van der Waals surface area (Å²) < 4.78 is 15.8. The number of nitrogens with zero attached hydrogens (tertiary/aromatic N) is 4. The lowest BCUT2D eigenvalue weighted by atomic mass is 10.2. The summed E-state index contributed by atoms with van der Waals surface area (Å²) in [5.41, 5.74) is 3.75. The van der Waals surface area contributed by atoms with Crippen LogP contribution in [0.5, 0.6) is 11.5 Å². The van der Waals surface area contributed by atoms with Crippen LogP contribution in [0.4, 0.5) is 0 Å². The van der Waals surface area contributed by atoms with Gasteiger partial charge in [0.1, 0.15) is 6.61 Å². The number of ether oxygens (including phenoxy) is 2. The zero-order valence-electron chi connectivity index (χ0n) is 18.7. The number of carbonyl (C=O) groups is 1. The van der Waals surface area contributed by atoms with Gasteiger partial charge in [-0.2, -0.15) is 0 Å². The molecule has 7 nitrogen and oxygen atoms in total. The number of hydrogen-bond acceptors (Lipinski definition) is 6. The molecule has 1 aliphatic rings. The predicted octanol–water partition coefficient (Wildman–Crippen LogP) is 4.71. The summed E-state index contributed by atoms with van der Waals surface area (Å²) in [5.74, 6) is 2.42. The van der Waals surface area contributed by atoms with E-state index in [1.54, 1.807) is 0 Å². The van der Waals surface area contributed by atoms with Crippen molar-refractivity contribution in [3.05, 3.63) is 83.4 Å². The molecule has 1 atom stereocenters. The molecule has 0 radical (unpaired) electrons. The lowest BCUT2D eigenvalue weighted by Gasteiger charge is -2.25. The average Bonchev–Trinajstić information content (AvgIpc) is 3.36. The highest BCUT2D eigenvalue weighted by Gasteiger charge is 2.28. The minimum absolute atomic E-state index is 0.0611. The van der Waals surface area contributed by atoms with Crippen LogP contribution in [0.25, 0.3) is 5.69 Å². The number of thioether (sulfide) groups is 1. The number of Topliss-reactive ketones (excluding diaryl/α,β-unsaturated/α-hetero) is 1. The van der Waals surface area contributed by atoms with E-state index in [0.717, 1.165) is 28.4 Å². The minimum Gasteiger partial charge on any atom is -0.485 e. The molecule has 1 unspecified atom stereocenters. The molecule has 0 fully saturated rings. The molecule has 0 aliphatic carbocycles. The molecular weight excluding hydrogens is 436 g/mol. The van der Waals surface area contributed by atoms with Gasteiger partial charge in [0.2, 0.25) is 0 Å². The predicted molar refractivity (Wildman–Crippen MR) is 127 cm³/mol. The zero-order chi connectivity index (χ0) is 22.9. The van der Waals surface area contributed by atoms with Crippen LogP contribution in [0, 0.1) is 13.8 Å². The second-order valence-corrected chi connectivity index (χ2v) is 8.87. The maximum absolute atomic E-state index is 13.1. The summed E-state index contributed by atoms with van der Waals surface area (Å²) in [6.07, 6.45) is -0.354. The van der Waals surface area contributed by atoms with E-state index >= 15 is 0 Å². The first kappa shape index (κ1) is 21.3. The molecule has 2 aromatic carbocycles. The van der Waals surface area contributed by atoms with Gasteiger partial charge < -0.3 is 18.6 Å². The first-order valence-corrected chi connectivity index (χ1v) is 11.7. The van der Waals surface area contributed by atoms with E-state index in [4.69, 9.17) is 9.47 Å². The summed E-state index contributed by atoms with van der Waals surface area (Å²) in [6, 6.07) is 19.6. The topological polar surface area (TPSA) is 71.2 Å². The number of rotatable bonds is 6. The van der Waals surface area contributed by atoms with Crippen LogP contribution < -0.4 is 9.47 Å². The average molecular weight is 461 g/mol. The molecule has 0 N–H and O–H groups in total. The Morgan fingerprint density at radius 2 is 1.79 bits per heavy atom. The van der Waals surface area contributed by atoms with Crippen molar-refractivity contribution in [3.8, 4) is 17.2 Å². The zero-order valence-corrected chi connectivity index (χ0v) is 19.5. The van der Waals surface area contributed by atoms with Crippen LogP contribution >= 0.6 is 11.8 Å². The van der Waals surface area contributed by atoms with Gasteiger partial charge in [0.05, 0.1) is 5.75 Å². The maximum Gasteiger partial charge on any atom is 0.192 e. The van der Waals surface area contributed by atoms with Gasteiger partial charge in [-0.1, -0.05) is 42.1 Å². The lowest BCUT2D eigenvalue weighted by molar-refractivity contribution is 0.0825. The maximum atomic E-state index is 13.1.